The Labute approximate surface area is 295 Å². The van der Waals surface area contributed by atoms with E-state index in [2.05, 4.69) is 134 Å². The van der Waals surface area contributed by atoms with E-state index in [1.165, 1.54) is 80.7 Å². The number of fused-ring (bicyclic) bond motifs is 8. The SMILES string of the molecule is CC12c3ccccc3P(=O)(c3ccccc3)c3cc(C4CC5CCC4C5)cc(c31)N1c3ccccc3[Si](C)(c3ccccn3)c3cccc2c31. The molecule has 4 heterocycles. The molecule has 0 amide bonds. The van der Waals surface area contributed by atoms with Gasteiger partial charge < -0.3 is 9.46 Å². The third kappa shape index (κ3) is 3.47. The number of pyridine rings is 1. The zero-order chi connectivity index (χ0) is 33.4. The van der Waals surface area contributed by atoms with Crippen molar-refractivity contribution in [2.45, 2.75) is 50.5 Å². The van der Waals surface area contributed by atoms with E-state index in [4.69, 9.17) is 4.98 Å². The first-order valence-corrected chi connectivity index (χ1v) is 22.5. The zero-order valence-corrected chi connectivity index (χ0v) is 30.4. The van der Waals surface area contributed by atoms with E-state index in [0.717, 1.165) is 21.8 Å². The largest absolute Gasteiger partial charge is 0.310 e. The fourth-order valence-electron chi connectivity index (χ4n) is 11.2. The summed E-state index contributed by atoms with van der Waals surface area (Å²) in [5.41, 5.74) is 8.35. The molecule has 0 saturated heterocycles. The van der Waals surface area contributed by atoms with Crippen molar-refractivity contribution in [3.63, 3.8) is 0 Å². The molecule has 5 aliphatic rings. The lowest BCUT2D eigenvalue weighted by atomic mass is 9.66. The molecule has 2 aliphatic carbocycles. The second-order valence-corrected chi connectivity index (χ2v) is 22.2. The summed E-state index contributed by atoms with van der Waals surface area (Å²) in [6.45, 7) is 4.92. The van der Waals surface area contributed by atoms with Crippen LogP contribution < -0.4 is 36.5 Å². The molecule has 1 aromatic heterocycles. The summed E-state index contributed by atoms with van der Waals surface area (Å²) in [5.74, 6) is 2.04. The summed E-state index contributed by atoms with van der Waals surface area (Å²) in [6, 6.07) is 46.6. The highest BCUT2D eigenvalue weighted by Crippen LogP contribution is 2.63. The Balaban J connectivity index is 1.31. The molecule has 11 rings (SSSR count). The molecule has 3 nitrogen and oxygen atoms in total. The molecule has 2 fully saturated rings. The van der Waals surface area contributed by atoms with Gasteiger partial charge in [-0.2, -0.15) is 0 Å². The van der Waals surface area contributed by atoms with Crippen molar-refractivity contribution in [2.24, 2.45) is 11.8 Å². The summed E-state index contributed by atoms with van der Waals surface area (Å²) in [4.78, 5) is 7.68. The normalized spacial score (nSPS) is 29.2. The molecule has 0 N–H and O–H groups in total. The molecule has 5 aromatic carbocycles. The van der Waals surface area contributed by atoms with Crippen LogP contribution in [-0.2, 0) is 9.98 Å². The quantitative estimate of drug-likeness (QED) is 0.143. The van der Waals surface area contributed by atoms with Crippen LogP contribution in [0.25, 0.3) is 0 Å². The highest BCUT2D eigenvalue weighted by molar-refractivity contribution is 7.85. The Hall–Kier alpha value is -4.50. The van der Waals surface area contributed by atoms with Gasteiger partial charge in [0.2, 0.25) is 0 Å². The van der Waals surface area contributed by atoms with Crippen LogP contribution in [0.15, 0.2) is 134 Å². The molecule has 244 valence electrons. The Kier molecular flexibility index (Phi) is 5.88. The number of para-hydroxylation sites is 2. The lowest BCUT2D eigenvalue weighted by molar-refractivity contribution is 0.420. The van der Waals surface area contributed by atoms with Crippen molar-refractivity contribution < 1.29 is 4.57 Å². The Morgan fingerprint density at radius 3 is 2.30 bits per heavy atom. The summed E-state index contributed by atoms with van der Waals surface area (Å²) < 4.78 is 16.5. The van der Waals surface area contributed by atoms with Crippen LogP contribution in [-0.4, -0.2) is 13.1 Å². The first-order valence-electron chi connectivity index (χ1n) is 18.3. The molecule has 2 bridgehead atoms. The van der Waals surface area contributed by atoms with Crippen molar-refractivity contribution in [1.29, 1.82) is 0 Å². The molecular weight excluding hydrogens is 644 g/mol. The van der Waals surface area contributed by atoms with E-state index >= 15 is 4.57 Å². The van der Waals surface area contributed by atoms with Crippen LogP contribution in [0.3, 0.4) is 0 Å². The average Bonchev–Trinajstić information content (AvgIpc) is 3.82. The number of anilines is 3. The summed E-state index contributed by atoms with van der Waals surface area (Å²) in [7, 11) is -5.78. The van der Waals surface area contributed by atoms with E-state index in [9.17, 15) is 0 Å². The first-order chi connectivity index (χ1) is 24.4. The Morgan fingerprint density at radius 2 is 1.50 bits per heavy atom. The van der Waals surface area contributed by atoms with Gasteiger partial charge in [-0.25, -0.2) is 0 Å². The Morgan fingerprint density at radius 1 is 0.740 bits per heavy atom. The van der Waals surface area contributed by atoms with Gasteiger partial charge in [-0.15, -0.1) is 0 Å². The first kappa shape index (κ1) is 29.2. The predicted molar refractivity (Wildman–Crippen MR) is 209 cm³/mol. The number of benzene rings is 5. The van der Waals surface area contributed by atoms with Crippen molar-refractivity contribution >= 4 is 63.9 Å². The molecule has 2 saturated carbocycles. The number of aromatic nitrogens is 1. The van der Waals surface area contributed by atoms with Crippen molar-refractivity contribution in [3.05, 3.63) is 156 Å². The van der Waals surface area contributed by atoms with Gasteiger partial charge in [0.15, 0.2) is 15.2 Å². The van der Waals surface area contributed by atoms with Gasteiger partial charge in [0, 0.05) is 44.1 Å². The molecular formula is C45H39N2OPSi. The second-order valence-electron chi connectivity index (χ2n) is 15.7. The number of rotatable bonds is 3. The minimum absolute atomic E-state index is 0.495. The third-order valence-corrected chi connectivity index (χ3v) is 20.9. The minimum atomic E-state index is -3.24. The molecule has 6 atom stereocenters. The maximum Gasteiger partial charge on any atom is 0.173 e. The maximum absolute atomic E-state index is 16.5. The minimum Gasteiger partial charge on any atom is -0.310 e. The number of hydrogen-bond donors (Lipinski definition) is 0. The maximum atomic E-state index is 16.5. The molecule has 50 heavy (non-hydrogen) atoms. The van der Waals surface area contributed by atoms with Gasteiger partial charge in [0.05, 0.1) is 11.4 Å². The highest BCUT2D eigenvalue weighted by atomic mass is 31.2. The van der Waals surface area contributed by atoms with Gasteiger partial charge in [-0.05, 0) is 101 Å². The van der Waals surface area contributed by atoms with Crippen LogP contribution in [0, 0.1) is 11.8 Å². The predicted octanol–water partition coefficient (Wildman–Crippen LogP) is 7.49. The fraction of sp³-hybridized carbons (Fsp3) is 0.222. The standard InChI is InChI=1S/C45H39N2OPSi/c1-45-34-15-6-8-18-38(34)49(48,32-13-4-3-5-14-32)39-28-31(33-26-29-22-23-30(33)25-29)27-37(43(39)45)47-36-17-7-9-19-40(36)50(2,42-21-10-11-24-46-42)41-20-12-16-35(45)44(41)47/h3-21,24,27-30,33H,22-23,25-26H2,1-2H3. The van der Waals surface area contributed by atoms with Gasteiger partial charge in [-0.3, -0.25) is 4.98 Å². The van der Waals surface area contributed by atoms with Gasteiger partial charge in [0.25, 0.3) is 0 Å². The molecule has 3 aliphatic heterocycles. The molecule has 6 aromatic rings. The molecule has 5 heteroatoms. The fourth-order valence-corrected chi connectivity index (χ4v) is 18.4. The monoisotopic (exact) mass is 682 g/mol. The Bertz CT molecular complexity index is 2450. The van der Waals surface area contributed by atoms with E-state index in [1.807, 2.05) is 18.3 Å². The highest BCUT2D eigenvalue weighted by Gasteiger charge is 2.57. The van der Waals surface area contributed by atoms with Crippen molar-refractivity contribution in [2.75, 3.05) is 4.90 Å². The van der Waals surface area contributed by atoms with E-state index in [1.54, 1.807) is 0 Å². The molecule has 6 unspecified atom stereocenters. The van der Waals surface area contributed by atoms with Crippen LogP contribution in [0.4, 0.5) is 17.1 Å². The van der Waals surface area contributed by atoms with E-state index < -0.39 is 20.6 Å². The number of hydrogen-bond acceptors (Lipinski definition) is 3. The third-order valence-electron chi connectivity index (χ3n) is 13.5. The second kappa shape index (κ2) is 10.1. The van der Waals surface area contributed by atoms with Crippen LogP contribution in [0.2, 0.25) is 6.55 Å². The van der Waals surface area contributed by atoms with E-state index in [0.29, 0.717) is 11.8 Å². The zero-order valence-electron chi connectivity index (χ0n) is 28.5. The number of nitrogens with zero attached hydrogens (tertiary/aromatic N) is 2. The summed E-state index contributed by atoms with van der Waals surface area (Å²) >= 11 is 0. The van der Waals surface area contributed by atoms with Crippen molar-refractivity contribution in [3.8, 4) is 0 Å². The van der Waals surface area contributed by atoms with Crippen LogP contribution in [0.1, 0.15) is 60.8 Å². The lowest BCUT2D eigenvalue weighted by Crippen LogP contribution is -2.70. The van der Waals surface area contributed by atoms with Crippen molar-refractivity contribution in [1.82, 2.24) is 4.98 Å². The smallest absolute Gasteiger partial charge is 0.173 e. The topological polar surface area (TPSA) is 33.2 Å². The van der Waals surface area contributed by atoms with Gasteiger partial charge in [0.1, 0.15) is 0 Å². The van der Waals surface area contributed by atoms with Crippen LogP contribution in [0.5, 0.6) is 0 Å². The van der Waals surface area contributed by atoms with E-state index in [-0.39, 0.29) is 0 Å². The summed E-state index contributed by atoms with van der Waals surface area (Å²) in [6.07, 6.45) is 7.21. The molecule has 0 spiro atoms. The van der Waals surface area contributed by atoms with Crippen LogP contribution >= 0.6 is 7.14 Å². The molecule has 0 radical (unpaired) electrons. The van der Waals surface area contributed by atoms with Gasteiger partial charge in [-0.1, -0.05) is 110 Å². The lowest BCUT2D eigenvalue weighted by Gasteiger charge is -2.53. The average molecular weight is 683 g/mol. The van der Waals surface area contributed by atoms with Gasteiger partial charge >= 0.3 is 0 Å². The summed E-state index contributed by atoms with van der Waals surface area (Å²) in [5, 5.41) is 6.93.